The van der Waals surface area contributed by atoms with Crippen LogP contribution in [-0.2, 0) is 21.4 Å². The van der Waals surface area contributed by atoms with Crippen LogP contribution in [0.3, 0.4) is 0 Å². The number of benzene rings is 1. The molecule has 0 saturated heterocycles. The largest absolute Gasteiger partial charge is 0.480 e. The van der Waals surface area contributed by atoms with Gasteiger partial charge in [0.25, 0.3) is 0 Å². The standard InChI is InChI=1S/C18H27NO4/c1-17(2,3)13-9-7-12(8-10-13)11-14(15(20)21)19-16(22)23-18(4,5)6/h7-10,14H,11H2,1-6H3,(H,19,22)(H,20,21)/t14-/m0/s1/i1D. The van der Waals surface area contributed by atoms with E-state index in [9.17, 15) is 14.7 Å². The van der Waals surface area contributed by atoms with Gasteiger partial charge in [0.2, 0.25) is 0 Å². The number of hydrogen-bond acceptors (Lipinski definition) is 3. The minimum absolute atomic E-state index is 0.163. The average molecular weight is 322 g/mol. The Kier molecular flexibility index (Phi) is 5.29. The predicted octanol–water partition coefficient (Wildman–Crippen LogP) is 3.50. The SMILES string of the molecule is [2H]CC(C)(C)c1ccc(C[C@H](NC(=O)OC(C)(C)C)C(=O)O)cc1. The molecule has 0 fully saturated rings. The Bertz CT molecular complexity index is 576. The summed E-state index contributed by atoms with van der Waals surface area (Å²) in [7, 11) is 0. The minimum atomic E-state index is -1.11. The third-order valence-corrected chi connectivity index (χ3v) is 3.16. The van der Waals surface area contributed by atoms with Crippen LogP contribution in [0.4, 0.5) is 4.79 Å². The van der Waals surface area contributed by atoms with Crippen molar-refractivity contribution in [3.05, 3.63) is 35.4 Å². The van der Waals surface area contributed by atoms with Crippen LogP contribution in [0.1, 0.15) is 54.0 Å². The highest BCUT2D eigenvalue weighted by atomic mass is 16.6. The van der Waals surface area contributed by atoms with Gasteiger partial charge in [-0.15, -0.1) is 0 Å². The number of nitrogens with one attached hydrogen (secondary N) is 1. The van der Waals surface area contributed by atoms with Crippen LogP contribution in [0, 0.1) is 0 Å². The Morgan fingerprint density at radius 1 is 1.22 bits per heavy atom. The second-order valence-electron chi connectivity index (χ2n) is 7.32. The van der Waals surface area contributed by atoms with E-state index in [1.807, 2.05) is 38.1 Å². The highest BCUT2D eigenvalue weighted by Gasteiger charge is 2.24. The molecule has 23 heavy (non-hydrogen) atoms. The van der Waals surface area contributed by atoms with Crippen molar-refractivity contribution in [2.75, 3.05) is 0 Å². The van der Waals surface area contributed by atoms with Gasteiger partial charge in [0.05, 0.1) is 0 Å². The van der Waals surface area contributed by atoms with Gasteiger partial charge in [-0.1, -0.05) is 45.0 Å². The number of amides is 1. The van der Waals surface area contributed by atoms with Gasteiger partial charge in [-0.25, -0.2) is 9.59 Å². The van der Waals surface area contributed by atoms with Gasteiger partial charge in [-0.05, 0) is 37.3 Å². The molecule has 128 valence electrons. The molecule has 1 rings (SSSR count). The molecule has 1 atom stereocenters. The van der Waals surface area contributed by atoms with Crippen LogP contribution >= 0.6 is 0 Å². The van der Waals surface area contributed by atoms with Gasteiger partial charge < -0.3 is 15.2 Å². The predicted molar refractivity (Wildman–Crippen MR) is 89.6 cm³/mol. The van der Waals surface area contributed by atoms with Gasteiger partial charge in [0.1, 0.15) is 11.6 Å². The fraction of sp³-hybridized carbons (Fsp3) is 0.556. The van der Waals surface area contributed by atoms with E-state index in [1.165, 1.54) is 0 Å². The van der Waals surface area contributed by atoms with Gasteiger partial charge in [-0.3, -0.25) is 0 Å². The van der Waals surface area contributed by atoms with E-state index < -0.39 is 23.7 Å². The van der Waals surface area contributed by atoms with E-state index in [-0.39, 0.29) is 18.7 Å². The van der Waals surface area contributed by atoms with Gasteiger partial charge in [-0.2, -0.15) is 0 Å². The molecule has 1 amide bonds. The molecule has 0 spiro atoms. The van der Waals surface area contributed by atoms with Crippen molar-refractivity contribution in [3.8, 4) is 0 Å². The summed E-state index contributed by atoms with van der Waals surface area (Å²) in [6.07, 6.45) is -0.585. The maximum Gasteiger partial charge on any atom is 0.408 e. The van der Waals surface area contributed by atoms with Crippen molar-refractivity contribution >= 4 is 12.1 Å². The highest BCUT2D eigenvalue weighted by molar-refractivity contribution is 5.80. The highest BCUT2D eigenvalue weighted by Crippen LogP contribution is 2.22. The molecular formula is C18H27NO4. The number of carboxylic acids is 1. The Labute approximate surface area is 139 Å². The fourth-order valence-corrected chi connectivity index (χ4v) is 1.98. The summed E-state index contributed by atoms with van der Waals surface area (Å²) in [5.41, 5.74) is 0.882. The third-order valence-electron chi connectivity index (χ3n) is 3.16. The number of rotatable bonds is 4. The van der Waals surface area contributed by atoms with E-state index in [1.54, 1.807) is 20.8 Å². The van der Waals surface area contributed by atoms with E-state index in [4.69, 9.17) is 6.11 Å². The number of carboxylic acid groups (broad SMARTS) is 1. The summed E-state index contributed by atoms with van der Waals surface area (Å²) in [5, 5.41) is 11.7. The molecule has 1 aromatic carbocycles. The molecule has 0 aliphatic rings. The molecule has 0 aliphatic carbocycles. The Morgan fingerprint density at radius 3 is 2.22 bits per heavy atom. The molecule has 0 bridgehead atoms. The van der Waals surface area contributed by atoms with E-state index in [0.29, 0.717) is 0 Å². The zero-order valence-corrected chi connectivity index (χ0v) is 14.5. The molecule has 0 saturated carbocycles. The second-order valence-corrected chi connectivity index (χ2v) is 7.32. The quantitative estimate of drug-likeness (QED) is 0.889. The van der Waals surface area contributed by atoms with Gasteiger partial charge in [0.15, 0.2) is 0 Å². The van der Waals surface area contributed by atoms with Crippen LogP contribution in [-0.4, -0.2) is 28.8 Å². The lowest BCUT2D eigenvalue weighted by Crippen LogP contribution is -2.44. The minimum Gasteiger partial charge on any atom is -0.480 e. The molecule has 0 aliphatic heterocycles. The number of alkyl carbamates (subject to hydrolysis) is 1. The maximum absolute atomic E-state index is 11.8. The Hall–Kier alpha value is -2.04. The van der Waals surface area contributed by atoms with Crippen molar-refractivity contribution in [1.29, 1.82) is 0 Å². The summed E-state index contributed by atoms with van der Waals surface area (Å²) in [6, 6.07) is 6.40. The fourth-order valence-electron chi connectivity index (χ4n) is 1.98. The van der Waals surface area contributed by atoms with Gasteiger partial charge in [0, 0.05) is 7.79 Å². The first kappa shape index (κ1) is 17.3. The number of hydrogen-bond donors (Lipinski definition) is 2. The lowest BCUT2D eigenvalue weighted by molar-refractivity contribution is -0.139. The smallest absolute Gasteiger partial charge is 0.408 e. The van der Waals surface area contributed by atoms with Crippen LogP contribution in [0.25, 0.3) is 0 Å². The molecule has 2 N–H and O–H groups in total. The van der Waals surface area contributed by atoms with E-state index in [2.05, 4.69) is 5.32 Å². The summed E-state index contributed by atoms with van der Waals surface area (Å²) in [6.45, 7) is 9.39. The third kappa shape index (κ3) is 6.72. The van der Waals surface area contributed by atoms with Crippen LogP contribution in [0.15, 0.2) is 24.3 Å². The van der Waals surface area contributed by atoms with Gasteiger partial charge >= 0.3 is 12.1 Å². The number of aliphatic carboxylic acids is 1. The first-order valence-corrected chi connectivity index (χ1v) is 7.55. The molecular weight excluding hydrogens is 294 g/mol. The van der Waals surface area contributed by atoms with Crippen molar-refractivity contribution < 1.29 is 20.8 Å². The number of carbonyl (C=O) groups excluding carboxylic acids is 1. The summed E-state index contributed by atoms with van der Waals surface area (Å²) in [4.78, 5) is 23.2. The Balaban J connectivity index is 2.79. The van der Waals surface area contributed by atoms with Crippen molar-refractivity contribution in [2.45, 2.75) is 65.0 Å². The molecule has 0 aromatic heterocycles. The lowest BCUT2D eigenvalue weighted by atomic mass is 9.86. The maximum atomic E-state index is 11.8. The Morgan fingerprint density at radius 2 is 1.78 bits per heavy atom. The lowest BCUT2D eigenvalue weighted by Gasteiger charge is -2.22. The van der Waals surface area contributed by atoms with Crippen LogP contribution in [0.2, 0.25) is 0 Å². The molecule has 0 radical (unpaired) electrons. The summed E-state index contributed by atoms with van der Waals surface area (Å²) in [5.74, 6) is -1.11. The molecule has 5 nitrogen and oxygen atoms in total. The number of carbonyl (C=O) groups is 2. The topological polar surface area (TPSA) is 75.6 Å². The van der Waals surface area contributed by atoms with E-state index >= 15 is 0 Å². The molecule has 1 aromatic rings. The monoisotopic (exact) mass is 322 g/mol. The van der Waals surface area contributed by atoms with Crippen LogP contribution in [0.5, 0.6) is 0 Å². The second kappa shape index (κ2) is 7.02. The average Bonchev–Trinajstić information content (AvgIpc) is 2.45. The van der Waals surface area contributed by atoms with Crippen molar-refractivity contribution in [3.63, 3.8) is 0 Å². The van der Waals surface area contributed by atoms with E-state index in [0.717, 1.165) is 11.1 Å². The zero-order chi connectivity index (χ0) is 18.5. The summed E-state index contributed by atoms with van der Waals surface area (Å²) < 4.78 is 12.7. The van der Waals surface area contributed by atoms with Crippen molar-refractivity contribution in [2.24, 2.45) is 0 Å². The first-order chi connectivity index (χ1) is 10.9. The van der Waals surface area contributed by atoms with Crippen LogP contribution < -0.4 is 5.32 Å². The molecule has 0 unspecified atom stereocenters. The molecule has 5 heteroatoms. The zero-order valence-electron chi connectivity index (χ0n) is 15.5. The number of ether oxygens (including phenoxy) is 1. The normalized spacial score (nSPS) is 13.9. The molecule has 0 heterocycles. The first-order valence-electron chi connectivity index (χ1n) is 8.26. The van der Waals surface area contributed by atoms with Crippen molar-refractivity contribution in [1.82, 2.24) is 5.32 Å². The summed E-state index contributed by atoms with van der Waals surface area (Å²) >= 11 is 0.